The van der Waals surface area contributed by atoms with Crippen LogP contribution in [0, 0.1) is 23.0 Å². The van der Waals surface area contributed by atoms with E-state index in [1.54, 1.807) is 19.9 Å². The van der Waals surface area contributed by atoms with Crippen LogP contribution in [0.3, 0.4) is 0 Å². The molecule has 6 heteroatoms. The number of hydrogen-bond acceptors (Lipinski definition) is 3. The molecule has 2 unspecified atom stereocenters. The summed E-state index contributed by atoms with van der Waals surface area (Å²) in [5.41, 5.74) is 1.57. The van der Waals surface area contributed by atoms with Gasteiger partial charge in [0.15, 0.2) is 0 Å². The molecule has 3 aromatic carbocycles. The first kappa shape index (κ1) is 24.9. The molecule has 33 heavy (non-hydrogen) atoms. The van der Waals surface area contributed by atoms with Crippen LogP contribution < -0.4 is 5.32 Å². The Morgan fingerprint density at radius 2 is 1.64 bits per heavy atom. The molecule has 0 radical (unpaired) electrons. The van der Waals surface area contributed by atoms with E-state index < -0.39 is 23.3 Å². The van der Waals surface area contributed by atoms with E-state index in [2.05, 4.69) is 11.4 Å². The van der Waals surface area contributed by atoms with Gasteiger partial charge < -0.3 is 10.4 Å². The molecule has 3 atom stereocenters. The molecular weight excluding hydrogens is 442 g/mol. The van der Waals surface area contributed by atoms with Gasteiger partial charge in [-0.05, 0) is 80.3 Å². The first-order valence-corrected chi connectivity index (χ1v) is 11.1. The van der Waals surface area contributed by atoms with Gasteiger partial charge in [0.2, 0.25) is 0 Å². The van der Waals surface area contributed by atoms with Crippen LogP contribution in [-0.2, 0) is 6.42 Å². The zero-order valence-corrected chi connectivity index (χ0v) is 19.6. The molecule has 0 aliphatic rings. The van der Waals surface area contributed by atoms with Crippen LogP contribution in [0.25, 0.3) is 0 Å². The van der Waals surface area contributed by atoms with Gasteiger partial charge in [0.05, 0.1) is 23.3 Å². The molecule has 0 aromatic heterocycles. The largest absolute Gasteiger partial charge is 0.388 e. The van der Waals surface area contributed by atoms with Crippen molar-refractivity contribution in [3.8, 4) is 6.07 Å². The Balaban J connectivity index is 1.98. The Hall–Kier alpha value is -2.78. The highest BCUT2D eigenvalue weighted by Gasteiger charge is 2.32. The molecule has 172 valence electrons. The third-order valence-corrected chi connectivity index (χ3v) is 6.02. The maximum atomic E-state index is 14.0. The van der Waals surface area contributed by atoms with E-state index >= 15 is 0 Å². The summed E-state index contributed by atoms with van der Waals surface area (Å²) in [6.07, 6.45) is 0.635. The van der Waals surface area contributed by atoms with Crippen molar-refractivity contribution in [2.45, 2.75) is 50.8 Å². The van der Waals surface area contributed by atoms with Crippen molar-refractivity contribution in [3.63, 3.8) is 0 Å². The van der Waals surface area contributed by atoms with Gasteiger partial charge in [-0.2, -0.15) is 5.26 Å². The van der Waals surface area contributed by atoms with Crippen LogP contribution in [0.1, 0.15) is 55.0 Å². The molecule has 0 heterocycles. The van der Waals surface area contributed by atoms with Crippen molar-refractivity contribution in [3.05, 3.63) is 106 Å². The molecule has 0 spiro atoms. The Morgan fingerprint density at radius 3 is 2.21 bits per heavy atom. The molecule has 0 fully saturated rings. The molecule has 2 N–H and O–H groups in total. The summed E-state index contributed by atoms with van der Waals surface area (Å²) in [6, 6.07) is 19.4. The lowest BCUT2D eigenvalue weighted by Crippen LogP contribution is -2.45. The number of hydrogen-bond donors (Lipinski definition) is 2. The maximum Gasteiger partial charge on any atom is 0.126 e. The van der Waals surface area contributed by atoms with Crippen LogP contribution in [0.2, 0.25) is 5.02 Å². The van der Waals surface area contributed by atoms with Gasteiger partial charge in [-0.25, -0.2) is 8.78 Å². The zero-order chi connectivity index (χ0) is 24.2. The van der Waals surface area contributed by atoms with Crippen LogP contribution in [0.15, 0.2) is 66.7 Å². The predicted octanol–water partition coefficient (Wildman–Crippen LogP) is 6.31. The fourth-order valence-corrected chi connectivity index (χ4v) is 4.25. The lowest BCUT2D eigenvalue weighted by Gasteiger charge is -2.36. The Kier molecular flexibility index (Phi) is 7.86. The predicted molar refractivity (Wildman–Crippen MR) is 127 cm³/mol. The van der Waals surface area contributed by atoms with Crippen LogP contribution in [-0.4, -0.2) is 16.7 Å². The van der Waals surface area contributed by atoms with Crippen molar-refractivity contribution in [1.82, 2.24) is 5.32 Å². The van der Waals surface area contributed by atoms with E-state index in [0.717, 1.165) is 17.2 Å². The fourth-order valence-electron chi connectivity index (χ4n) is 4.13. The van der Waals surface area contributed by atoms with Crippen molar-refractivity contribution in [2.24, 2.45) is 0 Å². The van der Waals surface area contributed by atoms with Gasteiger partial charge in [-0.15, -0.1) is 0 Å². The molecule has 0 bridgehead atoms. The van der Waals surface area contributed by atoms with E-state index in [-0.39, 0.29) is 12.0 Å². The van der Waals surface area contributed by atoms with Gasteiger partial charge in [0.25, 0.3) is 0 Å². The molecule has 0 aliphatic heterocycles. The first-order chi connectivity index (χ1) is 15.6. The Bertz CT molecular complexity index is 1120. The quantitative estimate of drug-likeness (QED) is 0.407. The molecule has 3 aromatic rings. The summed E-state index contributed by atoms with van der Waals surface area (Å²) in [7, 11) is 0. The first-order valence-electron chi connectivity index (χ1n) is 10.8. The number of nitriles is 1. The number of aliphatic hydroxyl groups is 1. The summed E-state index contributed by atoms with van der Waals surface area (Å²) in [6.45, 7) is 5.17. The number of rotatable bonds is 8. The number of nitrogens with one attached hydrogen (secondary N) is 1. The van der Waals surface area contributed by atoms with Gasteiger partial charge >= 0.3 is 0 Å². The third-order valence-electron chi connectivity index (χ3n) is 5.77. The van der Waals surface area contributed by atoms with Gasteiger partial charge in [0.1, 0.15) is 11.6 Å². The molecular formula is C27H27ClF2N2O. The minimum atomic E-state index is -1.30. The average Bonchev–Trinajstić information content (AvgIpc) is 2.75. The SMILES string of the molecule is CC(N[C@@H](c1cc(F)cc(F)c1)C(C)(C)O)C(Cc1ccc(Cl)cc1)c1cccc(C#N)c1. The third kappa shape index (κ3) is 6.61. The molecule has 3 nitrogen and oxygen atoms in total. The number of nitrogens with zero attached hydrogens (tertiary/aromatic N) is 1. The summed E-state index contributed by atoms with van der Waals surface area (Å²) in [5, 5.41) is 24.3. The van der Waals surface area contributed by atoms with Gasteiger partial charge in [-0.3, -0.25) is 0 Å². The molecule has 3 rings (SSSR count). The Labute approximate surface area is 198 Å². The van der Waals surface area contributed by atoms with Crippen molar-refractivity contribution in [2.75, 3.05) is 0 Å². The highest BCUT2D eigenvalue weighted by Crippen LogP contribution is 2.32. The molecule has 0 amide bonds. The highest BCUT2D eigenvalue weighted by atomic mass is 35.5. The smallest absolute Gasteiger partial charge is 0.126 e. The van der Waals surface area contributed by atoms with Crippen molar-refractivity contribution < 1.29 is 13.9 Å². The van der Waals surface area contributed by atoms with E-state index in [1.807, 2.05) is 49.4 Å². The summed E-state index contributed by atoms with van der Waals surface area (Å²) in [4.78, 5) is 0. The minimum absolute atomic E-state index is 0.0947. The molecule has 0 saturated carbocycles. The van der Waals surface area contributed by atoms with E-state index in [0.29, 0.717) is 22.6 Å². The van der Waals surface area contributed by atoms with Crippen molar-refractivity contribution in [1.29, 1.82) is 5.26 Å². The summed E-state index contributed by atoms with van der Waals surface area (Å²) >= 11 is 6.04. The minimum Gasteiger partial charge on any atom is -0.388 e. The maximum absolute atomic E-state index is 14.0. The highest BCUT2D eigenvalue weighted by molar-refractivity contribution is 6.30. The lowest BCUT2D eigenvalue weighted by atomic mass is 9.83. The average molecular weight is 469 g/mol. The van der Waals surface area contributed by atoms with Crippen LogP contribution >= 0.6 is 11.6 Å². The zero-order valence-electron chi connectivity index (χ0n) is 18.8. The second-order valence-electron chi connectivity index (χ2n) is 8.92. The van der Waals surface area contributed by atoms with Gasteiger partial charge in [0, 0.05) is 23.0 Å². The normalized spacial score (nSPS) is 14.4. The lowest BCUT2D eigenvalue weighted by molar-refractivity contribution is 0.0314. The fraction of sp³-hybridized carbons (Fsp3) is 0.296. The van der Waals surface area contributed by atoms with Crippen LogP contribution in [0.5, 0.6) is 0 Å². The number of halogens is 3. The number of benzene rings is 3. The monoisotopic (exact) mass is 468 g/mol. The van der Waals surface area contributed by atoms with E-state index in [9.17, 15) is 19.1 Å². The van der Waals surface area contributed by atoms with E-state index in [4.69, 9.17) is 11.6 Å². The molecule has 0 saturated heterocycles. The van der Waals surface area contributed by atoms with Crippen LogP contribution in [0.4, 0.5) is 8.78 Å². The Morgan fingerprint density at radius 1 is 1.00 bits per heavy atom. The summed E-state index contributed by atoms with van der Waals surface area (Å²) in [5.74, 6) is -1.50. The van der Waals surface area contributed by atoms with Gasteiger partial charge in [-0.1, -0.05) is 35.9 Å². The standard InChI is InChI=1S/C27H27ClF2N2O/c1-17(32-26(27(2,3)33)21-13-23(29)15-24(30)14-21)25(12-18-7-9-22(28)10-8-18)20-6-4-5-19(11-20)16-31/h4-11,13-15,17,25-26,32-33H,12H2,1-3H3/t17?,25?,26-/m0/s1. The van der Waals surface area contributed by atoms with E-state index in [1.165, 1.54) is 12.1 Å². The molecule has 0 aliphatic carbocycles. The second-order valence-corrected chi connectivity index (χ2v) is 9.36. The summed E-state index contributed by atoms with van der Waals surface area (Å²) < 4.78 is 27.9. The van der Waals surface area contributed by atoms with Crippen molar-refractivity contribution >= 4 is 11.6 Å². The second kappa shape index (κ2) is 10.4. The topological polar surface area (TPSA) is 56.0 Å².